The Balaban J connectivity index is 1.85. The van der Waals surface area contributed by atoms with Gasteiger partial charge in [-0.1, -0.05) is 36.4 Å². The predicted molar refractivity (Wildman–Crippen MR) is 89.9 cm³/mol. The molecule has 2 N–H and O–H groups in total. The summed E-state index contributed by atoms with van der Waals surface area (Å²) in [6.07, 6.45) is 1.84. The molecule has 0 radical (unpaired) electrons. The van der Waals surface area contributed by atoms with Gasteiger partial charge in [0.25, 0.3) is 5.91 Å². The summed E-state index contributed by atoms with van der Waals surface area (Å²) >= 11 is 0. The molecule has 1 atom stereocenters. The Hall–Kier alpha value is -3.08. The van der Waals surface area contributed by atoms with E-state index in [1.165, 1.54) is 0 Å². The number of aliphatic carboxylic acids is 1. The normalized spacial score (nSPS) is 16.6. The molecule has 1 amide bonds. The number of hydrogen-bond acceptors (Lipinski definition) is 2. The van der Waals surface area contributed by atoms with Crippen molar-refractivity contribution in [2.75, 3.05) is 6.54 Å². The van der Waals surface area contributed by atoms with Gasteiger partial charge in [0, 0.05) is 34.8 Å². The van der Waals surface area contributed by atoms with Gasteiger partial charge in [-0.15, -0.1) is 0 Å². The molecule has 1 aromatic heterocycles. The van der Waals surface area contributed by atoms with Crippen molar-refractivity contribution in [1.29, 1.82) is 0 Å². The van der Waals surface area contributed by atoms with Crippen molar-refractivity contribution in [1.82, 2.24) is 9.88 Å². The van der Waals surface area contributed by atoms with Gasteiger partial charge in [0.05, 0.1) is 12.5 Å². The molecular weight excluding hydrogens is 304 g/mol. The zero-order valence-electron chi connectivity index (χ0n) is 12.9. The lowest BCUT2D eigenvalue weighted by Crippen LogP contribution is -2.30. The molecular formula is C19H16N2O3. The smallest absolute Gasteiger partial charge is 0.305 e. The number of amides is 1. The first-order valence-corrected chi connectivity index (χ1v) is 7.84. The lowest BCUT2D eigenvalue weighted by Gasteiger charge is -2.24. The molecule has 0 unspecified atom stereocenters. The molecule has 5 heteroatoms. The topological polar surface area (TPSA) is 73.4 Å². The van der Waals surface area contributed by atoms with Crippen LogP contribution >= 0.6 is 0 Å². The molecule has 1 aliphatic rings. The van der Waals surface area contributed by atoms with Crippen LogP contribution in [0.4, 0.5) is 0 Å². The van der Waals surface area contributed by atoms with Crippen molar-refractivity contribution >= 4 is 22.8 Å². The highest BCUT2D eigenvalue weighted by Gasteiger charge is 2.38. The number of H-pyrrole nitrogens is 1. The quantitative estimate of drug-likeness (QED) is 0.775. The number of fused-ring (bicyclic) bond motifs is 2. The van der Waals surface area contributed by atoms with E-state index in [9.17, 15) is 9.59 Å². The molecule has 3 aromatic rings. The SMILES string of the molecule is O=C(O)CCN1C(=O)c2ccccc2[C@H]1c1c[nH]c2ccccc12. The lowest BCUT2D eigenvalue weighted by molar-refractivity contribution is -0.137. The first-order valence-electron chi connectivity index (χ1n) is 7.84. The van der Waals surface area contributed by atoms with E-state index in [1.807, 2.05) is 48.7 Å². The third kappa shape index (κ3) is 2.17. The minimum atomic E-state index is -0.906. The molecule has 120 valence electrons. The van der Waals surface area contributed by atoms with E-state index < -0.39 is 5.97 Å². The highest BCUT2D eigenvalue weighted by Crippen LogP contribution is 2.40. The van der Waals surface area contributed by atoms with Crippen LogP contribution in [0.3, 0.4) is 0 Å². The van der Waals surface area contributed by atoms with Gasteiger partial charge in [0.2, 0.25) is 0 Å². The number of hydrogen-bond donors (Lipinski definition) is 2. The van der Waals surface area contributed by atoms with Gasteiger partial charge in [-0.2, -0.15) is 0 Å². The van der Waals surface area contributed by atoms with Gasteiger partial charge < -0.3 is 15.0 Å². The second-order valence-electron chi connectivity index (χ2n) is 5.92. The van der Waals surface area contributed by atoms with Crippen LogP contribution in [-0.4, -0.2) is 33.4 Å². The molecule has 0 saturated heterocycles. The Morgan fingerprint density at radius 3 is 2.67 bits per heavy atom. The van der Waals surface area contributed by atoms with Crippen molar-refractivity contribution in [3.63, 3.8) is 0 Å². The first-order chi connectivity index (χ1) is 11.7. The molecule has 0 fully saturated rings. The maximum absolute atomic E-state index is 12.8. The van der Waals surface area contributed by atoms with Crippen molar-refractivity contribution in [2.45, 2.75) is 12.5 Å². The van der Waals surface area contributed by atoms with Crippen molar-refractivity contribution in [2.24, 2.45) is 0 Å². The van der Waals surface area contributed by atoms with E-state index in [0.29, 0.717) is 5.56 Å². The summed E-state index contributed by atoms with van der Waals surface area (Å²) in [5.74, 6) is -1.02. The van der Waals surface area contributed by atoms with E-state index in [2.05, 4.69) is 4.98 Å². The van der Waals surface area contributed by atoms with Gasteiger partial charge in [-0.3, -0.25) is 9.59 Å². The molecule has 0 aliphatic carbocycles. The van der Waals surface area contributed by atoms with E-state index in [-0.39, 0.29) is 24.9 Å². The Bertz CT molecular complexity index is 944. The maximum Gasteiger partial charge on any atom is 0.305 e. The number of benzene rings is 2. The summed E-state index contributed by atoms with van der Waals surface area (Å²) in [5, 5.41) is 10.1. The monoisotopic (exact) mass is 320 g/mol. The number of carbonyl (C=O) groups is 2. The van der Waals surface area contributed by atoms with Gasteiger partial charge >= 0.3 is 5.97 Å². The number of nitrogens with one attached hydrogen (secondary N) is 1. The van der Waals surface area contributed by atoms with Crippen LogP contribution in [0.15, 0.2) is 54.7 Å². The third-order valence-electron chi connectivity index (χ3n) is 4.54. The fourth-order valence-corrected chi connectivity index (χ4v) is 3.47. The Morgan fingerprint density at radius 2 is 1.83 bits per heavy atom. The molecule has 0 spiro atoms. The Morgan fingerprint density at radius 1 is 1.08 bits per heavy atom. The van der Waals surface area contributed by atoms with Crippen molar-refractivity contribution < 1.29 is 14.7 Å². The van der Waals surface area contributed by atoms with E-state index >= 15 is 0 Å². The highest BCUT2D eigenvalue weighted by molar-refractivity contribution is 6.01. The lowest BCUT2D eigenvalue weighted by atomic mass is 9.97. The molecule has 1 aliphatic heterocycles. The summed E-state index contributed by atoms with van der Waals surface area (Å²) in [7, 11) is 0. The minimum Gasteiger partial charge on any atom is -0.481 e. The average Bonchev–Trinajstić information content (AvgIpc) is 3.12. The second kappa shape index (κ2) is 5.53. The minimum absolute atomic E-state index is 0.0708. The van der Waals surface area contributed by atoms with Crippen LogP contribution in [0.25, 0.3) is 10.9 Å². The zero-order valence-corrected chi connectivity index (χ0v) is 12.9. The summed E-state index contributed by atoms with van der Waals surface area (Å²) in [6, 6.07) is 15.2. The summed E-state index contributed by atoms with van der Waals surface area (Å²) in [4.78, 5) is 28.7. The number of para-hydroxylation sites is 1. The third-order valence-corrected chi connectivity index (χ3v) is 4.54. The van der Waals surface area contributed by atoms with Crippen LogP contribution < -0.4 is 0 Å². The number of carboxylic acids is 1. The average molecular weight is 320 g/mol. The van der Waals surface area contributed by atoms with E-state index in [1.54, 1.807) is 11.0 Å². The van der Waals surface area contributed by atoms with E-state index in [4.69, 9.17) is 5.11 Å². The number of carbonyl (C=O) groups excluding carboxylic acids is 1. The predicted octanol–water partition coefficient (Wildman–Crippen LogP) is 3.19. The number of aromatic nitrogens is 1. The molecule has 24 heavy (non-hydrogen) atoms. The standard InChI is InChI=1S/C19H16N2O3/c22-17(23)9-10-21-18(13-6-1-2-7-14(13)19(21)24)15-11-20-16-8-4-3-5-12(15)16/h1-8,11,18,20H,9-10H2,(H,22,23)/t18-/m0/s1. The number of aromatic amines is 1. The molecule has 2 aromatic carbocycles. The largest absolute Gasteiger partial charge is 0.481 e. The molecule has 4 rings (SSSR count). The fraction of sp³-hybridized carbons (Fsp3) is 0.158. The summed E-state index contributed by atoms with van der Waals surface area (Å²) in [6.45, 7) is 0.188. The summed E-state index contributed by atoms with van der Waals surface area (Å²) < 4.78 is 0. The Kier molecular flexibility index (Phi) is 3.34. The van der Waals surface area contributed by atoms with Crippen LogP contribution in [0.1, 0.15) is 33.9 Å². The van der Waals surface area contributed by atoms with Crippen molar-refractivity contribution in [3.8, 4) is 0 Å². The first kappa shape index (κ1) is 14.5. The highest BCUT2D eigenvalue weighted by atomic mass is 16.4. The number of rotatable bonds is 4. The van der Waals surface area contributed by atoms with Crippen LogP contribution in [-0.2, 0) is 4.79 Å². The van der Waals surface area contributed by atoms with Gasteiger partial charge in [0.15, 0.2) is 0 Å². The van der Waals surface area contributed by atoms with Crippen LogP contribution in [0.2, 0.25) is 0 Å². The Labute approximate surface area is 138 Å². The molecule has 5 nitrogen and oxygen atoms in total. The maximum atomic E-state index is 12.8. The number of nitrogens with zero attached hydrogens (tertiary/aromatic N) is 1. The number of carboxylic acid groups (broad SMARTS) is 1. The fourth-order valence-electron chi connectivity index (χ4n) is 3.47. The molecule has 2 heterocycles. The zero-order chi connectivity index (χ0) is 16.7. The van der Waals surface area contributed by atoms with Crippen molar-refractivity contribution in [3.05, 3.63) is 71.4 Å². The van der Waals surface area contributed by atoms with E-state index in [0.717, 1.165) is 22.0 Å². The molecule has 0 saturated carbocycles. The van der Waals surface area contributed by atoms with Gasteiger partial charge in [0.1, 0.15) is 0 Å². The second-order valence-corrected chi connectivity index (χ2v) is 5.92. The van der Waals surface area contributed by atoms with Crippen LogP contribution in [0.5, 0.6) is 0 Å². The molecule has 0 bridgehead atoms. The van der Waals surface area contributed by atoms with Gasteiger partial charge in [-0.05, 0) is 17.7 Å². The van der Waals surface area contributed by atoms with Gasteiger partial charge in [-0.25, -0.2) is 0 Å². The summed E-state index contributed by atoms with van der Waals surface area (Å²) in [5.41, 5.74) is 3.58. The van der Waals surface area contributed by atoms with Crippen LogP contribution in [0, 0.1) is 0 Å².